The van der Waals surface area contributed by atoms with E-state index in [1.807, 2.05) is 0 Å². The van der Waals surface area contributed by atoms with E-state index in [0.29, 0.717) is 6.04 Å². The third-order valence-corrected chi connectivity index (χ3v) is 5.42. The Balaban J connectivity index is 1.59. The Kier molecular flexibility index (Phi) is 4.45. The molecule has 4 atom stereocenters. The van der Waals surface area contributed by atoms with Crippen molar-refractivity contribution in [2.75, 3.05) is 6.54 Å². The summed E-state index contributed by atoms with van der Waals surface area (Å²) in [5.74, 6) is 3.79. The lowest BCUT2D eigenvalue weighted by atomic mass is 9.88. The maximum Gasteiger partial charge on any atom is 0.0322 e. The average Bonchev–Trinajstić information content (AvgIpc) is 3.06. The van der Waals surface area contributed by atoms with E-state index < -0.39 is 0 Å². The lowest BCUT2D eigenvalue weighted by molar-refractivity contribution is 0.296. The summed E-state index contributed by atoms with van der Waals surface area (Å²) >= 11 is 0. The topological polar surface area (TPSA) is 12.0 Å². The molecule has 1 N–H and O–H groups in total. The van der Waals surface area contributed by atoms with Gasteiger partial charge in [0.1, 0.15) is 0 Å². The Labute approximate surface area is 124 Å². The van der Waals surface area contributed by atoms with Crippen molar-refractivity contribution in [2.24, 2.45) is 23.7 Å². The zero-order chi connectivity index (χ0) is 13.9. The fourth-order valence-electron chi connectivity index (χ4n) is 4.41. The minimum absolute atomic E-state index is 0.537. The zero-order valence-corrected chi connectivity index (χ0v) is 13.0. The largest absolute Gasteiger partial charge is 0.310 e. The van der Waals surface area contributed by atoms with E-state index in [1.165, 1.54) is 44.2 Å². The number of hydrogen-bond donors (Lipinski definition) is 1. The Morgan fingerprint density at radius 2 is 1.90 bits per heavy atom. The Morgan fingerprint density at radius 3 is 2.50 bits per heavy atom. The maximum absolute atomic E-state index is 3.89. The van der Waals surface area contributed by atoms with Crippen LogP contribution in [0.1, 0.15) is 57.6 Å². The molecule has 0 aromatic heterocycles. The molecule has 2 fully saturated rings. The predicted octanol–water partition coefficient (Wildman–Crippen LogP) is 4.80. The van der Waals surface area contributed by atoms with Crippen molar-refractivity contribution in [3.05, 3.63) is 35.9 Å². The van der Waals surface area contributed by atoms with E-state index in [9.17, 15) is 0 Å². The molecule has 0 radical (unpaired) electrons. The molecule has 1 heteroatoms. The van der Waals surface area contributed by atoms with Gasteiger partial charge in [0.15, 0.2) is 0 Å². The predicted molar refractivity (Wildman–Crippen MR) is 85.6 cm³/mol. The Morgan fingerprint density at radius 1 is 1.10 bits per heavy atom. The first-order chi connectivity index (χ1) is 9.72. The molecule has 2 aliphatic rings. The quantitative estimate of drug-likeness (QED) is 0.783. The third kappa shape index (κ3) is 3.25. The molecule has 0 heterocycles. The standard InChI is InChI=1S/C19H29N/c1-14(2)10-19(16-6-4-3-5-7-16)20-13-18-12-15-8-9-17(18)11-15/h3-7,14-15,17-20H,8-13H2,1-2H3. The number of benzene rings is 1. The molecule has 110 valence electrons. The van der Waals surface area contributed by atoms with Crippen molar-refractivity contribution in [2.45, 2.75) is 52.0 Å². The fraction of sp³-hybridized carbons (Fsp3) is 0.684. The first-order valence-corrected chi connectivity index (χ1v) is 8.50. The highest BCUT2D eigenvalue weighted by molar-refractivity contribution is 5.19. The van der Waals surface area contributed by atoms with Crippen LogP contribution < -0.4 is 5.32 Å². The highest BCUT2D eigenvalue weighted by Crippen LogP contribution is 2.48. The highest BCUT2D eigenvalue weighted by Gasteiger charge is 2.39. The van der Waals surface area contributed by atoms with Gasteiger partial charge in [0.25, 0.3) is 0 Å². The molecule has 1 nitrogen and oxygen atoms in total. The van der Waals surface area contributed by atoms with Crippen molar-refractivity contribution in [1.82, 2.24) is 5.32 Å². The summed E-state index contributed by atoms with van der Waals surface area (Å²) in [5.41, 5.74) is 1.46. The molecular formula is C19H29N. The summed E-state index contributed by atoms with van der Waals surface area (Å²) in [7, 11) is 0. The molecule has 0 aliphatic heterocycles. The van der Waals surface area contributed by atoms with Crippen LogP contribution in [0.15, 0.2) is 30.3 Å². The molecule has 0 amide bonds. The monoisotopic (exact) mass is 271 g/mol. The van der Waals surface area contributed by atoms with Gasteiger partial charge in [0.2, 0.25) is 0 Å². The lowest BCUT2D eigenvalue weighted by Gasteiger charge is -2.27. The summed E-state index contributed by atoms with van der Waals surface area (Å²) < 4.78 is 0. The van der Waals surface area contributed by atoms with Gasteiger partial charge in [-0.05, 0) is 61.5 Å². The summed E-state index contributed by atoms with van der Waals surface area (Å²) in [5, 5.41) is 3.89. The molecule has 3 rings (SSSR count). The molecule has 4 unspecified atom stereocenters. The second-order valence-electron chi connectivity index (χ2n) is 7.44. The van der Waals surface area contributed by atoms with Crippen LogP contribution in [0.4, 0.5) is 0 Å². The van der Waals surface area contributed by atoms with E-state index in [0.717, 1.165) is 23.7 Å². The first kappa shape index (κ1) is 14.1. The van der Waals surface area contributed by atoms with Gasteiger partial charge in [-0.3, -0.25) is 0 Å². The summed E-state index contributed by atoms with van der Waals surface area (Å²) in [6, 6.07) is 11.5. The van der Waals surface area contributed by atoms with Crippen LogP contribution in [0.3, 0.4) is 0 Å². The Hall–Kier alpha value is -0.820. The van der Waals surface area contributed by atoms with E-state index in [4.69, 9.17) is 0 Å². The summed E-state index contributed by atoms with van der Waals surface area (Å²) in [4.78, 5) is 0. The van der Waals surface area contributed by atoms with Crippen LogP contribution in [-0.4, -0.2) is 6.54 Å². The van der Waals surface area contributed by atoms with E-state index in [1.54, 1.807) is 0 Å². The summed E-state index contributed by atoms with van der Waals surface area (Å²) in [6.07, 6.45) is 7.25. The van der Waals surface area contributed by atoms with Gasteiger partial charge >= 0.3 is 0 Å². The third-order valence-electron chi connectivity index (χ3n) is 5.42. The number of fused-ring (bicyclic) bond motifs is 2. The van der Waals surface area contributed by atoms with Crippen molar-refractivity contribution in [1.29, 1.82) is 0 Å². The van der Waals surface area contributed by atoms with Crippen LogP contribution in [0, 0.1) is 23.7 Å². The summed E-state index contributed by atoms with van der Waals surface area (Å²) in [6.45, 7) is 5.89. The van der Waals surface area contributed by atoms with Gasteiger partial charge in [0.05, 0.1) is 0 Å². The molecule has 0 spiro atoms. The number of nitrogens with one attached hydrogen (secondary N) is 1. The molecule has 2 saturated carbocycles. The lowest BCUT2D eigenvalue weighted by Crippen LogP contribution is -2.30. The minimum Gasteiger partial charge on any atom is -0.310 e. The van der Waals surface area contributed by atoms with Crippen molar-refractivity contribution in [3.63, 3.8) is 0 Å². The maximum atomic E-state index is 3.89. The molecule has 1 aromatic carbocycles. The smallest absolute Gasteiger partial charge is 0.0322 e. The van der Waals surface area contributed by atoms with Crippen LogP contribution in [0.5, 0.6) is 0 Å². The van der Waals surface area contributed by atoms with Gasteiger partial charge in [-0.15, -0.1) is 0 Å². The first-order valence-electron chi connectivity index (χ1n) is 8.50. The fourth-order valence-corrected chi connectivity index (χ4v) is 4.41. The van der Waals surface area contributed by atoms with Gasteiger partial charge in [-0.2, -0.15) is 0 Å². The van der Waals surface area contributed by atoms with Gasteiger partial charge in [-0.25, -0.2) is 0 Å². The molecule has 2 aliphatic carbocycles. The van der Waals surface area contributed by atoms with E-state index >= 15 is 0 Å². The van der Waals surface area contributed by atoms with Crippen molar-refractivity contribution in [3.8, 4) is 0 Å². The van der Waals surface area contributed by atoms with Gasteiger partial charge < -0.3 is 5.32 Å². The molecule has 0 saturated heterocycles. The van der Waals surface area contributed by atoms with Crippen LogP contribution in [0.25, 0.3) is 0 Å². The van der Waals surface area contributed by atoms with Gasteiger partial charge in [-0.1, -0.05) is 50.6 Å². The number of hydrogen-bond acceptors (Lipinski definition) is 1. The Bertz CT molecular complexity index is 411. The molecule has 2 bridgehead atoms. The molecular weight excluding hydrogens is 242 g/mol. The zero-order valence-electron chi connectivity index (χ0n) is 13.0. The van der Waals surface area contributed by atoms with Crippen LogP contribution >= 0.6 is 0 Å². The van der Waals surface area contributed by atoms with Crippen LogP contribution in [-0.2, 0) is 0 Å². The average molecular weight is 271 g/mol. The second kappa shape index (κ2) is 6.30. The second-order valence-corrected chi connectivity index (χ2v) is 7.44. The van der Waals surface area contributed by atoms with Crippen molar-refractivity contribution >= 4 is 0 Å². The van der Waals surface area contributed by atoms with Crippen LogP contribution in [0.2, 0.25) is 0 Å². The molecule has 1 aromatic rings. The van der Waals surface area contributed by atoms with E-state index in [-0.39, 0.29) is 0 Å². The minimum atomic E-state index is 0.537. The van der Waals surface area contributed by atoms with Gasteiger partial charge in [0, 0.05) is 6.04 Å². The molecule has 20 heavy (non-hydrogen) atoms. The normalized spacial score (nSPS) is 30.1. The highest BCUT2D eigenvalue weighted by atomic mass is 14.9. The number of rotatable bonds is 6. The van der Waals surface area contributed by atoms with E-state index in [2.05, 4.69) is 49.5 Å². The van der Waals surface area contributed by atoms with Crippen molar-refractivity contribution < 1.29 is 0 Å². The SMILES string of the molecule is CC(C)CC(NCC1CC2CCC1C2)c1ccccc1.